The van der Waals surface area contributed by atoms with Gasteiger partial charge in [0, 0.05) is 50.7 Å². The minimum absolute atomic E-state index is 0.228. The number of carbonyl (C=O) groups is 1. The fourth-order valence-electron chi connectivity index (χ4n) is 4.06. The van der Waals surface area contributed by atoms with Crippen LogP contribution in [0.5, 0.6) is 5.88 Å². The van der Waals surface area contributed by atoms with Gasteiger partial charge in [0.15, 0.2) is 5.88 Å². The number of halogens is 6. The Morgan fingerprint density at radius 3 is 1.72 bits per heavy atom. The number of H-pyrrole nitrogens is 1. The molecule has 0 saturated heterocycles. The number of nitrogens with zero attached hydrogens (tertiary/aromatic N) is 3. The molecule has 12 heteroatoms. The molecule has 0 unspecified atom stereocenters. The summed E-state index contributed by atoms with van der Waals surface area (Å²) in [6.45, 7) is 0. The number of carbonyl (C=O) groups excluding carboxylic acids is 1. The second kappa shape index (κ2) is 8.32. The van der Waals surface area contributed by atoms with Crippen LogP contribution in [0.4, 0.5) is 37.7 Å². The molecule has 4 rings (SSSR count). The fourth-order valence-corrected chi connectivity index (χ4v) is 4.06. The lowest BCUT2D eigenvalue weighted by Crippen LogP contribution is -2.16. The molecule has 36 heavy (non-hydrogen) atoms. The third kappa shape index (κ3) is 4.16. The lowest BCUT2D eigenvalue weighted by Gasteiger charge is -2.18. The third-order valence-corrected chi connectivity index (χ3v) is 5.82. The summed E-state index contributed by atoms with van der Waals surface area (Å²) in [6.07, 6.45) is -9.67. The van der Waals surface area contributed by atoms with Crippen LogP contribution in [0, 0.1) is 0 Å². The van der Waals surface area contributed by atoms with Gasteiger partial charge in [-0.2, -0.15) is 26.3 Å². The summed E-state index contributed by atoms with van der Waals surface area (Å²) in [5.74, 6) is -1.83. The number of aliphatic imine (C=N–C) groups is 1. The molecule has 0 saturated carbocycles. The zero-order chi connectivity index (χ0) is 26.7. The van der Waals surface area contributed by atoms with E-state index in [1.165, 1.54) is 21.9 Å². The number of anilines is 2. The summed E-state index contributed by atoms with van der Waals surface area (Å²) in [6, 6.07) is 6.75. The number of aromatic hydroxyl groups is 1. The maximum absolute atomic E-state index is 13.9. The maximum atomic E-state index is 13.9. The Hall–Kier alpha value is -3.96. The first-order valence-electron chi connectivity index (χ1n) is 10.5. The zero-order valence-corrected chi connectivity index (χ0v) is 19.4. The van der Waals surface area contributed by atoms with Crippen molar-refractivity contribution in [3.05, 3.63) is 64.2 Å². The number of benzene rings is 2. The second-order valence-electron chi connectivity index (χ2n) is 8.61. The van der Waals surface area contributed by atoms with Crippen molar-refractivity contribution < 1.29 is 36.2 Å². The van der Waals surface area contributed by atoms with Crippen LogP contribution in [0.2, 0.25) is 0 Å². The Morgan fingerprint density at radius 1 is 0.778 bits per heavy atom. The van der Waals surface area contributed by atoms with Crippen molar-refractivity contribution in [2.75, 3.05) is 38.0 Å². The predicted molar refractivity (Wildman–Crippen MR) is 123 cm³/mol. The van der Waals surface area contributed by atoms with E-state index in [2.05, 4.69) is 9.98 Å². The molecule has 1 aromatic heterocycles. The highest BCUT2D eigenvalue weighted by Gasteiger charge is 2.42. The minimum atomic E-state index is -4.84. The third-order valence-electron chi connectivity index (χ3n) is 5.82. The van der Waals surface area contributed by atoms with E-state index in [9.17, 15) is 36.2 Å². The molecule has 190 valence electrons. The number of alkyl halides is 6. The highest BCUT2D eigenvalue weighted by Crippen LogP contribution is 2.45. The Bertz CT molecular complexity index is 1400. The average molecular weight is 510 g/mol. The molecule has 0 radical (unpaired) electrons. The van der Waals surface area contributed by atoms with Crippen molar-refractivity contribution in [3.8, 4) is 17.1 Å². The van der Waals surface area contributed by atoms with E-state index in [1.807, 2.05) is 0 Å². The van der Waals surface area contributed by atoms with Gasteiger partial charge in [-0.3, -0.25) is 4.79 Å². The number of rotatable bonds is 4. The van der Waals surface area contributed by atoms with E-state index in [-0.39, 0.29) is 22.6 Å². The smallest absolute Gasteiger partial charge is 0.417 e. The average Bonchev–Trinajstić information content (AvgIpc) is 3.29. The van der Waals surface area contributed by atoms with Crippen LogP contribution in [0.25, 0.3) is 11.3 Å². The molecule has 3 aromatic rings. The summed E-state index contributed by atoms with van der Waals surface area (Å²) in [5.41, 5.74) is -4.37. The minimum Gasteiger partial charge on any atom is -0.494 e. The first-order chi connectivity index (χ1) is 16.6. The molecule has 2 aromatic carbocycles. The predicted octanol–water partition coefficient (Wildman–Crippen LogP) is 5.55. The van der Waals surface area contributed by atoms with E-state index in [4.69, 9.17) is 0 Å². The van der Waals surface area contributed by atoms with Gasteiger partial charge in [-0.15, -0.1) is 0 Å². The van der Waals surface area contributed by atoms with Gasteiger partial charge in [0.25, 0.3) is 5.91 Å². The molecule has 1 amide bonds. The van der Waals surface area contributed by atoms with Gasteiger partial charge in [-0.05, 0) is 24.3 Å². The summed E-state index contributed by atoms with van der Waals surface area (Å²) < 4.78 is 83.5. The highest BCUT2D eigenvalue weighted by atomic mass is 19.4. The standard InChI is InChI=1S/C24H20F6N4O2/c1-33(2)11-5-7-13(15(9-11)23(25,26)27)19-17-18(22(36)31-19)20(32-21(17)35)14-8-6-12(34(3)4)10-16(14)24(28,29)30/h5-10,31,36H,1-4H3. The van der Waals surface area contributed by atoms with E-state index in [0.717, 1.165) is 24.3 Å². The lowest BCUT2D eigenvalue weighted by atomic mass is 9.94. The Balaban J connectivity index is 1.94. The van der Waals surface area contributed by atoms with Crippen LogP contribution in [0.1, 0.15) is 32.6 Å². The molecule has 0 spiro atoms. The molecular weight excluding hydrogens is 490 g/mol. The summed E-state index contributed by atoms with van der Waals surface area (Å²) in [7, 11) is 6.20. The van der Waals surface area contributed by atoms with Crippen LogP contribution in [0.3, 0.4) is 0 Å². The molecule has 0 aliphatic carbocycles. The molecule has 0 atom stereocenters. The van der Waals surface area contributed by atoms with E-state index < -0.39 is 57.7 Å². The van der Waals surface area contributed by atoms with Crippen molar-refractivity contribution in [1.82, 2.24) is 4.98 Å². The van der Waals surface area contributed by atoms with Gasteiger partial charge in [0.1, 0.15) is 0 Å². The van der Waals surface area contributed by atoms with Gasteiger partial charge in [-0.1, -0.05) is 12.1 Å². The van der Waals surface area contributed by atoms with Crippen LogP contribution in [-0.4, -0.2) is 49.9 Å². The van der Waals surface area contributed by atoms with E-state index >= 15 is 0 Å². The van der Waals surface area contributed by atoms with Crippen molar-refractivity contribution in [1.29, 1.82) is 0 Å². The fraction of sp³-hybridized carbons (Fsp3) is 0.250. The Morgan fingerprint density at radius 2 is 1.25 bits per heavy atom. The van der Waals surface area contributed by atoms with Crippen LogP contribution in [0.15, 0.2) is 41.4 Å². The quantitative estimate of drug-likeness (QED) is 0.452. The molecule has 1 aliphatic rings. The zero-order valence-electron chi connectivity index (χ0n) is 19.4. The number of amides is 1. The van der Waals surface area contributed by atoms with E-state index in [1.54, 1.807) is 28.2 Å². The number of hydrogen-bond donors (Lipinski definition) is 2. The Kier molecular flexibility index (Phi) is 5.81. The van der Waals surface area contributed by atoms with E-state index in [0.29, 0.717) is 0 Å². The normalized spacial score (nSPS) is 13.6. The van der Waals surface area contributed by atoms with Gasteiger partial charge >= 0.3 is 12.4 Å². The van der Waals surface area contributed by atoms with Crippen LogP contribution < -0.4 is 9.80 Å². The second-order valence-corrected chi connectivity index (χ2v) is 8.61. The number of nitrogens with one attached hydrogen (secondary N) is 1. The summed E-state index contributed by atoms with van der Waals surface area (Å²) in [4.78, 5) is 21.8. The summed E-state index contributed by atoms with van der Waals surface area (Å²) in [5, 5.41) is 10.6. The van der Waals surface area contributed by atoms with Crippen molar-refractivity contribution >= 4 is 23.0 Å². The number of aromatic nitrogens is 1. The monoisotopic (exact) mass is 510 g/mol. The lowest BCUT2D eigenvalue weighted by molar-refractivity contribution is -0.138. The highest BCUT2D eigenvalue weighted by molar-refractivity contribution is 6.31. The largest absolute Gasteiger partial charge is 0.494 e. The first kappa shape index (κ1) is 25.1. The number of fused-ring (bicyclic) bond motifs is 1. The molecule has 2 heterocycles. The molecule has 0 bridgehead atoms. The number of aromatic amines is 1. The Labute approximate surface area is 201 Å². The van der Waals surface area contributed by atoms with Crippen molar-refractivity contribution in [3.63, 3.8) is 0 Å². The first-order valence-corrected chi connectivity index (χ1v) is 10.5. The van der Waals surface area contributed by atoms with Crippen molar-refractivity contribution in [2.24, 2.45) is 4.99 Å². The van der Waals surface area contributed by atoms with Gasteiger partial charge in [0.2, 0.25) is 0 Å². The van der Waals surface area contributed by atoms with Crippen LogP contribution >= 0.6 is 0 Å². The topological polar surface area (TPSA) is 71.9 Å². The van der Waals surface area contributed by atoms with Crippen molar-refractivity contribution in [2.45, 2.75) is 12.4 Å². The summed E-state index contributed by atoms with van der Waals surface area (Å²) >= 11 is 0. The number of hydrogen-bond acceptors (Lipinski definition) is 4. The molecular formula is C24H20F6N4O2. The molecule has 2 N–H and O–H groups in total. The van der Waals surface area contributed by atoms with Gasteiger partial charge in [0.05, 0.1) is 33.7 Å². The maximum Gasteiger partial charge on any atom is 0.417 e. The molecule has 6 nitrogen and oxygen atoms in total. The van der Waals surface area contributed by atoms with Gasteiger partial charge < -0.3 is 19.9 Å². The van der Waals surface area contributed by atoms with Crippen LogP contribution in [-0.2, 0) is 12.4 Å². The van der Waals surface area contributed by atoms with Gasteiger partial charge in [-0.25, -0.2) is 4.99 Å². The molecule has 1 aliphatic heterocycles. The SMILES string of the molecule is CN(C)c1ccc(C2=NC(=O)c3c(-c4ccc(N(C)C)cc4C(F)(F)F)[nH]c(O)c32)c(C(F)(F)F)c1. The molecule has 0 fully saturated rings.